The number of aryl methyl sites for hydroxylation is 1. The number of pyridine rings is 1. The van der Waals surface area contributed by atoms with Crippen LogP contribution >= 0.6 is 0 Å². The number of hydrogen-bond acceptors (Lipinski definition) is 8. The van der Waals surface area contributed by atoms with E-state index in [1.54, 1.807) is 29.0 Å². The second kappa shape index (κ2) is 18.7. The number of anilines is 1. The molecule has 55 heavy (non-hydrogen) atoms. The summed E-state index contributed by atoms with van der Waals surface area (Å²) in [5.41, 5.74) is 10.4. The van der Waals surface area contributed by atoms with Crippen LogP contribution in [0.4, 0.5) is 10.5 Å². The third-order valence-corrected chi connectivity index (χ3v) is 11.4. The van der Waals surface area contributed by atoms with Crippen molar-refractivity contribution in [1.29, 1.82) is 0 Å². The minimum atomic E-state index is -0.956. The number of nitrogens with zero attached hydrogens (tertiary/aromatic N) is 2. The zero-order chi connectivity index (χ0) is 38.9. The van der Waals surface area contributed by atoms with E-state index in [2.05, 4.69) is 16.4 Å². The molecule has 12 nitrogen and oxygen atoms in total. The molecule has 2 fully saturated rings. The van der Waals surface area contributed by atoms with Crippen LogP contribution in [0.25, 0.3) is 22.0 Å². The number of aromatic nitrogens is 1. The quantitative estimate of drug-likeness (QED) is 0.0856. The minimum absolute atomic E-state index is 0.0309. The van der Waals surface area contributed by atoms with Crippen LogP contribution < -0.4 is 21.5 Å². The molecule has 7 N–H and O–H groups in total. The van der Waals surface area contributed by atoms with Gasteiger partial charge < -0.3 is 41.0 Å². The molecule has 2 aliphatic rings. The van der Waals surface area contributed by atoms with Crippen molar-refractivity contribution < 1.29 is 29.6 Å². The van der Waals surface area contributed by atoms with Crippen LogP contribution in [-0.4, -0.2) is 88.7 Å². The number of benzene rings is 3. The molecule has 1 atom stereocenters. The van der Waals surface area contributed by atoms with Gasteiger partial charge in [0.05, 0.1) is 23.4 Å². The van der Waals surface area contributed by atoms with Crippen molar-refractivity contribution in [3.05, 3.63) is 94.3 Å². The molecule has 0 aliphatic heterocycles. The summed E-state index contributed by atoms with van der Waals surface area (Å²) in [6.45, 7) is 1.69. The molecule has 2 aliphatic carbocycles. The van der Waals surface area contributed by atoms with Crippen LogP contribution in [-0.2, 0) is 16.0 Å². The number of aliphatic hydroxyl groups excluding tert-OH is 1. The average molecular weight is 754 g/mol. The van der Waals surface area contributed by atoms with E-state index in [1.807, 2.05) is 42.5 Å². The van der Waals surface area contributed by atoms with Crippen molar-refractivity contribution in [1.82, 2.24) is 15.2 Å². The maximum Gasteiger partial charge on any atom is 0.412 e. The monoisotopic (exact) mass is 753 g/mol. The number of amides is 2. The molecule has 2 amide bonds. The number of aromatic hydroxyl groups is 1. The number of aliphatic hydroxyl groups is 1. The van der Waals surface area contributed by atoms with Gasteiger partial charge in [-0.25, -0.2) is 4.79 Å². The highest BCUT2D eigenvalue weighted by atomic mass is 16.5. The number of likely N-dealkylation sites (N-methyl/N-ethyl adjacent to an activating group) is 1. The summed E-state index contributed by atoms with van der Waals surface area (Å²) in [6.07, 6.45) is 6.42. The predicted molar refractivity (Wildman–Crippen MR) is 214 cm³/mol. The fourth-order valence-electron chi connectivity index (χ4n) is 8.14. The van der Waals surface area contributed by atoms with Crippen LogP contribution in [0.1, 0.15) is 75.0 Å². The number of fused-ring (bicyclic) bond motifs is 1. The highest BCUT2D eigenvalue weighted by Crippen LogP contribution is 2.37. The fraction of sp³-hybridized carbons (Fsp3) is 0.465. The van der Waals surface area contributed by atoms with E-state index in [-0.39, 0.29) is 42.0 Å². The van der Waals surface area contributed by atoms with Gasteiger partial charge in [0.15, 0.2) is 0 Å². The first kappa shape index (κ1) is 39.9. The normalized spacial score (nSPS) is 20.6. The molecule has 0 saturated heterocycles. The van der Waals surface area contributed by atoms with Gasteiger partial charge >= 0.3 is 6.09 Å². The standard InChI is InChI=1S/C43H55N5O7/c1-47(23-5-6-28-11-18-34(30-7-3-2-4-8-30)37(24-28)48(43(53)54)32-14-12-31(44)13-15-32)41(52)27-55-33-16-9-29(10-17-33)25-45-26-39(50)35-19-21-38(49)42-36(35)20-22-40(51)46-42/h2-4,7-8,11,18-22,24,29,31-33,39,45,49-50H,5-6,9-10,12-17,23,25-27,44H2,1H3,(H,46,51)(H,53,54). The summed E-state index contributed by atoms with van der Waals surface area (Å²) in [6, 6.07) is 22.1. The molecule has 0 radical (unpaired) electrons. The number of carbonyl (C=O) groups is 2. The Hall–Kier alpha value is -4.75. The number of phenolic OH excluding ortho intramolecular Hbond substituents is 1. The lowest BCUT2D eigenvalue weighted by Gasteiger charge is -2.35. The Labute approximate surface area is 322 Å². The van der Waals surface area contributed by atoms with Gasteiger partial charge in [-0.3, -0.25) is 14.5 Å². The van der Waals surface area contributed by atoms with Gasteiger partial charge in [0.1, 0.15) is 12.4 Å². The average Bonchev–Trinajstić information content (AvgIpc) is 3.19. The first-order chi connectivity index (χ1) is 26.6. The molecule has 1 aromatic heterocycles. The van der Waals surface area contributed by atoms with Crippen molar-refractivity contribution in [2.75, 3.05) is 38.2 Å². The summed E-state index contributed by atoms with van der Waals surface area (Å²) >= 11 is 0. The highest BCUT2D eigenvalue weighted by Gasteiger charge is 2.31. The Morgan fingerprint density at radius 2 is 1.71 bits per heavy atom. The van der Waals surface area contributed by atoms with Gasteiger partial charge in [-0.15, -0.1) is 0 Å². The summed E-state index contributed by atoms with van der Waals surface area (Å²) in [4.78, 5) is 43.3. The third kappa shape index (κ3) is 10.3. The van der Waals surface area contributed by atoms with Crippen molar-refractivity contribution in [2.45, 2.75) is 88.5 Å². The van der Waals surface area contributed by atoms with Gasteiger partial charge in [-0.1, -0.05) is 48.5 Å². The van der Waals surface area contributed by atoms with Gasteiger partial charge in [0.2, 0.25) is 11.5 Å². The number of nitrogens with one attached hydrogen (secondary N) is 2. The molecule has 0 spiro atoms. The number of carbonyl (C=O) groups excluding carboxylic acids is 1. The van der Waals surface area contributed by atoms with Crippen molar-refractivity contribution in [3.8, 4) is 16.9 Å². The summed E-state index contributed by atoms with van der Waals surface area (Å²) in [5, 5.41) is 35.4. The maximum atomic E-state index is 13.0. The molecule has 0 bridgehead atoms. The van der Waals surface area contributed by atoms with E-state index < -0.39 is 12.2 Å². The zero-order valence-electron chi connectivity index (χ0n) is 31.7. The number of H-pyrrole nitrogens is 1. The van der Waals surface area contributed by atoms with E-state index in [0.29, 0.717) is 47.6 Å². The molecule has 1 unspecified atom stereocenters. The molecule has 4 aromatic rings. The van der Waals surface area contributed by atoms with Crippen LogP contribution in [0.15, 0.2) is 77.6 Å². The van der Waals surface area contributed by atoms with Crippen molar-refractivity contribution in [2.24, 2.45) is 11.7 Å². The molecular weight excluding hydrogens is 699 g/mol. The summed E-state index contributed by atoms with van der Waals surface area (Å²) in [7, 11) is 1.80. The first-order valence-electron chi connectivity index (χ1n) is 19.6. The smallest absolute Gasteiger partial charge is 0.412 e. The summed E-state index contributed by atoms with van der Waals surface area (Å²) < 4.78 is 6.06. The zero-order valence-corrected chi connectivity index (χ0v) is 31.7. The maximum absolute atomic E-state index is 13.0. The largest absolute Gasteiger partial charge is 0.506 e. The molecule has 1 heterocycles. The molecule has 294 valence electrons. The topological polar surface area (TPSA) is 181 Å². The Bertz CT molecular complexity index is 1950. The lowest BCUT2D eigenvalue weighted by molar-refractivity contribution is -0.137. The number of nitrogens with two attached hydrogens (primary N) is 1. The Balaban J connectivity index is 0.936. The Kier molecular flexibility index (Phi) is 13.6. The second-order valence-electron chi connectivity index (χ2n) is 15.3. The van der Waals surface area contributed by atoms with Gasteiger partial charge in [-0.05, 0) is 112 Å². The molecule has 12 heteroatoms. The predicted octanol–water partition coefficient (Wildman–Crippen LogP) is 5.94. The Morgan fingerprint density at radius 1 is 0.964 bits per heavy atom. The van der Waals surface area contributed by atoms with Crippen molar-refractivity contribution in [3.63, 3.8) is 0 Å². The molecule has 6 rings (SSSR count). The van der Waals surface area contributed by atoms with Gasteiger partial charge in [0.25, 0.3) is 0 Å². The summed E-state index contributed by atoms with van der Waals surface area (Å²) in [5.74, 6) is 0.341. The number of carboxylic acid groups (broad SMARTS) is 1. The van der Waals surface area contributed by atoms with E-state index in [0.717, 1.165) is 81.0 Å². The van der Waals surface area contributed by atoms with Crippen LogP contribution in [0.2, 0.25) is 0 Å². The number of hydrogen-bond donors (Lipinski definition) is 6. The van der Waals surface area contributed by atoms with Gasteiger partial charge in [0, 0.05) is 49.2 Å². The SMILES string of the molecule is CN(CCCc1ccc(-c2ccccc2)c(N(C(=O)O)C2CCC(N)CC2)c1)C(=O)COC1CCC(CNCC(O)c2ccc(O)c3[nH]c(=O)ccc23)CC1. The second-order valence-corrected chi connectivity index (χ2v) is 15.3. The van der Waals surface area contributed by atoms with Crippen LogP contribution in [0.5, 0.6) is 5.75 Å². The Morgan fingerprint density at radius 3 is 2.44 bits per heavy atom. The van der Waals surface area contributed by atoms with Crippen LogP contribution in [0, 0.1) is 5.92 Å². The minimum Gasteiger partial charge on any atom is -0.506 e. The van der Waals surface area contributed by atoms with E-state index in [9.17, 15) is 29.7 Å². The van der Waals surface area contributed by atoms with Crippen molar-refractivity contribution >= 4 is 28.6 Å². The molecule has 2 saturated carbocycles. The molecule has 3 aromatic carbocycles. The number of ether oxygens (including phenoxy) is 1. The number of rotatable bonds is 15. The number of phenols is 1. The van der Waals surface area contributed by atoms with Gasteiger partial charge in [-0.2, -0.15) is 0 Å². The molecular formula is C43H55N5O7. The number of aromatic amines is 1. The van der Waals surface area contributed by atoms with E-state index in [1.165, 1.54) is 12.1 Å². The third-order valence-electron chi connectivity index (χ3n) is 11.4. The van der Waals surface area contributed by atoms with Crippen LogP contribution in [0.3, 0.4) is 0 Å². The lowest BCUT2D eigenvalue weighted by atomic mass is 9.87. The first-order valence-corrected chi connectivity index (χ1v) is 19.6. The van der Waals surface area contributed by atoms with E-state index >= 15 is 0 Å². The highest BCUT2D eigenvalue weighted by molar-refractivity contribution is 5.94. The van der Waals surface area contributed by atoms with E-state index in [4.69, 9.17) is 10.5 Å². The fourth-order valence-corrected chi connectivity index (χ4v) is 8.14. The lowest BCUT2D eigenvalue weighted by Crippen LogP contribution is -2.44.